The second kappa shape index (κ2) is 8.16. The van der Waals surface area contributed by atoms with Crippen molar-refractivity contribution < 1.29 is 3.08 Å². The quantitative estimate of drug-likeness (QED) is 0.475. The predicted molar refractivity (Wildman–Crippen MR) is 86.6 cm³/mol. The van der Waals surface area contributed by atoms with Gasteiger partial charge < -0.3 is 0 Å². The SMILES string of the molecule is [O]=[SnH][CH2]CCC(c1ccc(Cl)cc1)c1ccc(Cl)cc1. The Morgan fingerprint density at radius 2 is 1.30 bits per heavy atom. The Hall–Kier alpha value is -0.381. The first-order valence-electron chi connectivity index (χ1n) is 6.65. The average molecular weight is 414 g/mol. The van der Waals surface area contributed by atoms with Crippen molar-refractivity contribution >= 4 is 44.3 Å². The molecule has 2 rings (SSSR count). The number of benzene rings is 2. The van der Waals surface area contributed by atoms with Crippen LogP contribution in [0.1, 0.15) is 29.9 Å². The van der Waals surface area contributed by atoms with E-state index in [9.17, 15) is 3.08 Å². The molecule has 0 saturated carbocycles. The van der Waals surface area contributed by atoms with Crippen molar-refractivity contribution in [3.05, 3.63) is 69.7 Å². The zero-order valence-electron chi connectivity index (χ0n) is 11.1. The molecule has 0 unspecified atom stereocenters. The van der Waals surface area contributed by atoms with Gasteiger partial charge in [0.2, 0.25) is 0 Å². The summed E-state index contributed by atoms with van der Waals surface area (Å²) < 4.78 is 11.7. The molecule has 2 aromatic carbocycles. The van der Waals surface area contributed by atoms with E-state index in [2.05, 4.69) is 24.3 Å². The van der Waals surface area contributed by atoms with Crippen molar-refractivity contribution in [2.24, 2.45) is 0 Å². The molecular weight excluding hydrogens is 398 g/mol. The molecule has 0 bridgehead atoms. The summed E-state index contributed by atoms with van der Waals surface area (Å²) in [6, 6.07) is 16.0. The van der Waals surface area contributed by atoms with Gasteiger partial charge in [-0.25, -0.2) is 0 Å². The molecular formula is C16H16Cl2OSn. The molecule has 0 aliphatic carbocycles. The third kappa shape index (κ3) is 4.57. The van der Waals surface area contributed by atoms with Gasteiger partial charge in [0.1, 0.15) is 0 Å². The first kappa shape index (κ1) is 16.0. The Labute approximate surface area is 139 Å². The maximum absolute atomic E-state index is 10.8. The van der Waals surface area contributed by atoms with Crippen LogP contribution < -0.4 is 0 Å². The zero-order valence-corrected chi connectivity index (χ0v) is 15.9. The Morgan fingerprint density at radius 1 is 0.850 bits per heavy atom. The molecule has 20 heavy (non-hydrogen) atoms. The zero-order chi connectivity index (χ0) is 14.4. The summed E-state index contributed by atoms with van der Waals surface area (Å²) in [5.74, 6) is 0.318. The molecule has 0 atom stereocenters. The number of rotatable bonds is 6. The Kier molecular flexibility index (Phi) is 6.52. The van der Waals surface area contributed by atoms with Gasteiger partial charge in [-0.2, -0.15) is 0 Å². The normalized spacial score (nSPS) is 10.8. The molecule has 104 valence electrons. The molecule has 0 aromatic heterocycles. The van der Waals surface area contributed by atoms with Crippen molar-refractivity contribution in [3.8, 4) is 0 Å². The summed E-state index contributed by atoms with van der Waals surface area (Å²) >= 11 is 10.4. The summed E-state index contributed by atoms with van der Waals surface area (Å²) in [7, 11) is 0. The van der Waals surface area contributed by atoms with Gasteiger partial charge >= 0.3 is 140 Å². The van der Waals surface area contributed by atoms with E-state index in [1.807, 2.05) is 24.3 Å². The van der Waals surface area contributed by atoms with Crippen molar-refractivity contribution in [1.82, 2.24) is 0 Å². The molecule has 0 amide bonds. The summed E-state index contributed by atoms with van der Waals surface area (Å²) in [5.41, 5.74) is 2.49. The first-order valence-corrected chi connectivity index (χ1v) is 11.1. The summed E-state index contributed by atoms with van der Waals surface area (Å²) in [4.78, 5) is 0. The van der Waals surface area contributed by atoms with E-state index < -0.39 is 21.1 Å². The van der Waals surface area contributed by atoms with Crippen molar-refractivity contribution in [1.29, 1.82) is 0 Å². The van der Waals surface area contributed by atoms with Crippen molar-refractivity contribution in [2.45, 2.75) is 23.2 Å². The van der Waals surface area contributed by atoms with Gasteiger partial charge in [-0.15, -0.1) is 0 Å². The fraction of sp³-hybridized carbons (Fsp3) is 0.250. The van der Waals surface area contributed by atoms with Gasteiger partial charge in [0.15, 0.2) is 0 Å². The third-order valence-electron chi connectivity index (χ3n) is 3.36. The molecule has 2 aromatic rings. The minimum atomic E-state index is -1.49. The molecule has 0 N–H and O–H groups in total. The topological polar surface area (TPSA) is 17.1 Å². The number of halogens is 2. The van der Waals surface area contributed by atoms with Gasteiger partial charge in [0.05, 0.1) is 0 Å². The monoisotopic (exact) mass is 414 g/mol. The summed E-state index contributed by atoms with van der Waals surface area (Å²) in [6.07, 6.45) is 2.03. The third-order valence-corrected chi connectivity index (χ3v) is 5.70. The van der Waals surface area contributed by atoms with Gasteiger partial charge in [0.25, 0.3) is 0 Å². The van der Waals surface area contributed by atoms with Gasteiger partial charge in [-0.05, 0) is 0 Å². The molecule has 0 aliphatic heterocycles. The van der Waals surface area contributed by atoms with Gasteiger partial charge in [-0.3, -0.25) is 0 Å². The standard InChI is InChI=1S/C16H15Cl2.O.Sn.H/c1-2-3-16(12-4-8-14(17)9-5-12)13-6-10-15(18)11-7-13;;;/h4-11,16H,1-3H2;;;. The van der Waals surface area contributed by atoms with E-state index in [1.165, 1.54) is 11.1 Å². The Morgan fingerprint density at radius 3 is 1.70 bits per heavy atom. The molecule has 1 nitrogen and oxygen atoms in total. The van der Waals surface area contributed by atoms with Crippen molar-refractivity contribution in [3.63, 3.8) is 0 Å². The van der Waals surface area contributed by atoms with Crippen LogP contribution in [-0.2, 0) is 3.08 Å². The van der Waals surface area contributed by atoms with Crippen LogP contribution in [0.5, 0.6) is 0 Å². The summed E-state index contributed by atoms with van der Waals surface area (Å²) in [6.45, 7) is 0. The second-order valence-corrected chi connectivity index (χ2v) is 8.23. The van der Waals surface area contributed by atoms with Crippen LogP contribution in [0.3, 0.4) is 0 Å². The number of hydrogen-bond acceptors (Lipinski definition) is 1. The van der Waals surface area contributed by atoms with E-state index >= 15 is 0 Å². The van der Waals surface area contributed by atoms with Crippen LogP contribution in [0.25, 0.3) is 0 Å². The minimum absolute atomic E-state index is 0.318. The summed E-state index contributed by atoms with van der Waals surface area (Å²) in [5, 5.41) is 1.50. The van der Waals surface area contributed by atoms with E-state index in [-0.39, 0.29) is 0 Å². The van der Waals surface area contributed by atoms with Crippen molar-refractivity contribution in [2.75, 3.05) is 0 Å². The molecule has 0 radical (unpaired) electrons. The first-order chi connectivity index (χ1) is 9.70. The number of hydrogen-bond donors (Lipinski definition) is 0. The molecule has 0 aliphatic rings. The molecule has 4 heteroatoms. The predicted octanol–water partition coefficient (Wildman–Crippen LogP) is 5.11. The van der Waals surface area contributed by atoms with E-state index in [0.717, 1.165) is 27.3 Å². The molecule has 0 fully saturated rings. The van der Waals surface area contributed by atoms with Crippen LogP contribution in [0.2, 0.25) is 14.5 Å². The fourth-order valence-electron chi connectivity index (χ4n) is 2.32. The molecule has 0 saturated heterocycles. The van der Waals surface area contributed by atoms with Crippen LogP contribution in [0.15, 0.2) is 48.5 Å². The Bertz CT molecular complexity index is 506. The van der Waals surface area contributed by atoms with Gasteiger partial charge in [-0.1, -0.05) is 0 Å². The van der Waals surface area contributed by atoms with Gasteiger partial charge in [0, 0.05) is 0 Å². The fourth-order valence-corrected chi connectivity index (χ4v) is 3.72. The van der Waals surface area contributed by atoms with E-state index in [0.29, 0.717) is 5.92 Å². The Balaban J connectivity index is 2.25. The van der Waals surface area contributed by atoms with Crippen LogP contribution in [0, 0.1) is 0 Å². The van der Waals surface area contributed by atoms with Crippen LogP contribution >= 0.6 is 23.2 Å². The molecule has 0 heterocycles. The van der Waals surface area contributed by atoms with Crippen LogP contribution in [-0.4, -0.2) is 21.1 Å². The van der Waals surface area contributed by atoms with E-state index in [4.69, 9.17) is 23.2 Å². The second-order valence-electron chi connectivity index (χ2n) is 4.75. The molecule has 0 spiro atoms. The average Bonchev–Trinajstić information content (AvgIpc) is 2.46. The maximum atomic E-state index is 10.8. The van der Waals surface area contributed by atoms with Crippen LogP contribution in [0.4, 0.5) is 0 Å². The van der Waals surface area contributed by atoms with E-state index in [1.54, 1.807) is 0 Å².